The fraction of sp³-hybridized carbons (Fsp3) is 0.515. The van der Waals surface area contributed by atoms with Gasteiger partial charge in [0.2, 0.25) is 0 Å². The van der Waals surface area contributed by atoms with Gasteiger partial charge in [0.15, 0.2) is 8.32 Å². The molecule has 1 aromatic heterocycles. The van der Waals surface area contributed by atoms with Crippen LogP contribution in [-0.2, 0) is 20.5 Å². The van der Waals surface area contributed by atoms with Gasteiger partial charge in [0, 0.05) is 42.1 Å². The topological polar surface area (TPSA) is 92.9 Å². The second kappa shape index (κ2) is 12.7. The molecule has 0 radical (unpaired) electrons. The zero-order valence-electron chi connectivity index (χ0n) is 26.6. The highest BCUT2D eigenvalue weighted by Crippen LogP contribution is 2.41. The molecule has 2 aromatic carbocycles. The molecule has 0 unspecified atom stereocenters. The number of aromatic amines is 1. The summed E-state index contributed by atoms with van der Waals surface area (Å²) >= 11 is 0. The Morgan fingerprint density at radius 3 is 2.44 bits per heavy atom. The number of amides is 2. The van der Waals surface area contributed by atoms with Gasteiger partial charge in [0.1, 0.15) is 18.0 Å². The van der Waals surface area contributed by atoms with Crippen molar-refractivity contribution in [2.45, 2.75) is 96.4 Å². The monoisotopic (exact) mass is 611 g/mol. The predicted octanol–water partition coefficient (Wildman–Crippen LogP) is 7.72. The maximum absolute atomic E-state index is 14.1. The van der Waals surface area contributed by atoms with Gasteiger partial charge in [-0.3, -0.25) is 0 Å². The van der Waals surface area contributed by atoms with Crippen LogP contribution in [0.4, 0.5) is 14.0 Å². The number of benzene rings is 2. The SMILES string of the molecule is CC(C)(C)OC(=O)N1C[C@H](O[Si](C)(C)C(C)(C)C)C[C@@H]1[C@@H](CNC(=O)OCc1ccccc1)c1c[nH]c2cc(F)ccc12. The van der Waals surface area contributed by atoms with Gasteiger partial charge in [-0.2, -0.15) is 0 Å². The number of hydrogen-bond donors (Lipinski definition) is 2. The van der Waals surface area contributed by atoms with E-state index >= 15 is 0 Å². The van der Waals surface area contributed by atoms with Gasteiger partial charge in [-0.1, -0.05) is 51.1 Å². The summed E-state index contributed by atoms with van der Waals surface area (Å²) in [5.74, 6) is -0.705. The molecule has 4 rings (SSSR count). The molecule has 8 nitrogen and oxygen atoms in total. The predicted molar refractivity (Wildman–Crippen MR) is 169 cm³/mol. The number of H-pyrrole nitrogens is 1. The van der Waals surface area contributed by atoms with Crippen LogP contribution in [0.1, 0.15) is 65.0 Å². The second-order valence-corrected chi connectivity index (χ2v) is 18.7. The Hall–Kier alpha value is -3.37. The minimum absolute atomic E-state index is 0.00772. The van der Waals surface area contributed by atoms with Crippen LogP contribution in [0, 0.1) is 5.82 Å². The lowest BCUT2D eigenvalue weighted by Gasteiger charge is -2.38. The fourth-order valence-electron chi connectivity index (χ4n) is 5.27. The van der Waals surface area contributed by atoms with Crippen LogP contribution in [0.5, 0.6) is 0 Å². The van der Waals surface area contributed by atoms with Crippen LogP contribution in [0.2, 0.25) is 18.1 Å². The number of likely N-dealkylation sites (tertiary alicyclic amines) is 1. The number of alkyl carbamates (subject to hydrolysis) is 1. The quantitative estimate of drug-likeness (QED) is 0.255. The van der Waals surface area contributed by atoms with Gasteiger partial charge in [0.05, 0.1) is 6.10 Å². The first kappa shape index (κ1) is 32.5. The molecule has 3 aromatic rings. The van der Waals surface area contributed by atoms with Crippen molar-refractivity contribution in [3.63, 3.8) is 0 Å². The minimum atomic E-state index is -2.16. The zero-order chi connectivity index (χ0) is 31.6. The molecule has 0 spiro atoms. The third-order valence-electron chi connectivity index (χ3n) is 8.42. The highest BCUT2D eigenvalue weighted by atomic mass is 28.4. The van der Waals surface area contributed by atoms with Crippen LogP contribution in [0.15, 0.2) is 54.7 Å². The minimum Gasteiger partial charge on any atom is -0.445 e. The molecular formula is C33H46FN3O5Si. The van der Waals surface area contributed by atoms with E-state index in [1.807, 2.05) is 57.3 Å². The number of rotatable bonds is 8. The van der Waals surface area contributed by atoms with E-state index in [1.54, 1.807) is 11.0 Å². The van der Waals surface area contributed by atoms with Crippen molar-refractivity contribution < 1.29 is 27.9 Å². The number of nitrogens with zero attached hydrogens (tertiary/aromatic N) is 1. The average molecular weight is 612 g/mol. The standard InChI is InChI=1S/C33H46FN3O5Si/c1-32(2,3)41-31(39)37-20-24(42-43(7,8)33(4,5)6)17-29(37)27(26-18-35-28-16-23(34)14-15-25(26)28)19-36-30(38)40-21-22-12-10-9-11-13-22/h9-16,18,24,27,29,35H,17,19-21H2,1-8H3,(H,36,38)/t24-,27+,29-/m1/s1. The molecule has 234 valence electrons. The van der Waals surface area contributed by atoms with Crippen molar-refractivity contribution in [2.24, 2.45) is 0 Å². The Labute approximate surface area is 255 Å². The van der Waals surface area contributed by atoms with Crippen molar-refractivity contribution in [3.8, 4) is 0 Å². The molecule has 2 amide bonds. The van der Waals surface area contributed by atoms with E-state index in [1.165, 1.54) is 12.1 Å². The molecule has 3 atom stereocenters. The third kappa shape index (κ3) is 8.17. The summed E-state index contributed by atoms with van der Waals surface area (Å²) in [5, 5.41) is 3.74. The number of carbonyl (C=O) groups is 2. The van der Waals surface area contributed by atoms with Crippen molar-refractivity contribution in [2.75, 3.05) is 13.1 Å². The molecule has 0 saturated carbocycles. The summed E-state index contributed by atoms with van der Waals surface area (Å²) in [6.07, 6.45) is 1.21. The lowest BCUT2D eigenvalue weighted by atomic mass is 9.89. The highest BCUT2D eigenvalue weighted by molar-refractivity contribution is 6.74. The number of halogens is 1. The highest BCUT2D eigenvalue weighted by Gasteiger charge is 2.47. The summed E-state index contributed by atoms with van der Waals surface area (Å²) in [7, 11) is -2.16. The Morgan fingerprint density at radius 1 is 1.09 bits per heavy atom. The lowest BCUT2D eigenvalue weighted by molar-refractivity contribution is 0.0191. The summed E-state index contributed by atoms with van der Waals surface area (Å²) in [6.45, 7) is 17.2. The smallest absolute Gasteiger partial charge is 0.410 e. The third-order valence-corrected chi connectivity index (χ3v) is 13.0. The number of carbonyl (C=O) groups excluding carboxylic acids is 2. The summed E-state index contributed by atoms with van der Waals surface area (Å²) < 4.78 is 32.2. The van der Waals surface area contributed by atoms with Gasteiger partial charge in [-0.15, -0.1) is 0 Å². The molecule has 2 heterocycles. The number of hydrogen-bond acceptors (Lipinski definition) is 5. The van der Waals surface area contributed by atoms with E-state index in [4.69, 9.17) is 13.9 Å². The van der Waals surface area contributed by atoms with Crippen LogP contribution >= 0.6 is 0 Å². The normalized spacial score (nSPS) is 18.5. The van der Waals surface area contributed by atoms with Gasteiger partial charge < -0.3 is 29.1 Å². The van der Waals surface area contributed by atoms with E-state index < -0.39 is 26.1 Å². The van der Waals surface area contributed by atoms with E-state index in [0.29, 0.717) is 18.5 Å². The van der Waals surface area contributed by atoms with Gasteiger partial charge >= 0.3 is 12.2 Å². The largest absolute Gasteiger partial charge is 0.445 e. The molecule has 1 aliphatic heterocycles. The van der Waals surface area contributed by atoms with Gasteiger partial charge in [-0.25, -0.2) is 14.0 Å². The van der Waals surface area contributed by atoms with E-state index in [2.05, 4.69) is 44.2 Å². The van der Waals surface area contributed by atoms with Crippen molar-refractivity contribution in [1.82, 2.24) is 15.2 Å². The lowest BCUT2D eigenvalue weighted by Crippen LogP contribution is -2.46. The van der Waals surface area contributed by atoms with Gasteiger partial charge in [-0.05, 0) is 74.7 Å². The maximum Gasteiger partial charge on any atom is 0.410 e. The zero-order valence-corrected chi connectivity index (χ0v) is 27.6. The first-order valence-electron chi connectivity index (χ1n) is 14.9. The second-order valence-electron chi connectivity index (χ2n) is 13.9. The first-order valence-corrected chi connectivity index (χ1v) is 17.8. The van der Waals surface area contributed by atoms with Gasteiger partial charge in [0.25, 0.3) is 0 Å². The van der Waals surface area contributed by atoms with Crippen LogP contribution in [-0.4, -0.2) is 61.2 Å². The van der Waals surface area contributed by atoms with Crippen LogP contribution in [0.25, 0.3) is 10.9 Å². The molecule has 10 heteroatoms. The summed E-state index contributed by atoms with van der Waals surface area (Å²) in [6, 6.07) is 13.7. The van der Waals surface area contributed by atoms with E-state index in [9.17, 15) is 14.0 Å². The molecule has 1 saturated heterocycles. The molecule has 0 aliphatic carbocycles. The molecule has 1 aliphatic rings. The average Bonchev–Trinajstić information content (AvgIpc) is 3.50. The Kier molecular flexibility index (Phi) is 9.61. The molecule has 0 bridgehead atoms. The molecule has 43 heavy (non-hydrogen) atoms. The van der Waals surface area contributed by atoms with Crippen molar-refractivity contribution in [1.29, 1.82) is 0 Å². The summed E-state index contributed by atoms with van der Waals surface area (Å²) in [5.41, 5.74) is 1.70. The molecule has 1 fully saturated rings. The Morgan fingerprint density at radius 2 is 1.79 bits per heavy atom. The Bertz CT molecular complexity index is 1410. The van der Waals surface area contributed by atoms with Crippen LogP contribution < -0.4 is 5.32 Å². The number of fused-ring (bicyclic) bond motifs is 1. The first-order chi connectivity index (χ1) is 20.0. The Balaban J connectivity index is 1.65. The number of nitrogens with one attached hydrogen (secondary N) is 2. The van der Waals surface area contributed by atoms with Crippen molar-refractivity contribution in [3.05, 3.63) is 71.7 Å². The van der Waals surface area contributed by atoms with Crippen molar-refractivity contribution >= 4 is 31.4 Å². The van der Waals surface area contributed by atoms with E-state index in [0.717, 1.165) is 16.5 Å². The van der Waals surface area contributed by atoms with Crippen LogP contribution in [0.3, 0.4) is 0 Å². The fourth-order valence-corrected chi connectivity index (χ4v) is 6.62. The van der Waals surface area contributed by atoms with E-state index in [-0.39, 0.29) is 42.1 Å². The summed E-state index contributed by atoms with van der Waals surface area (Å²) in [4.78, 5) is 31.4. The maximum atomic E-state index is 14.1. The number of ether oxygens (including phenoxy) is 2. The molecular weight excluding hydrogens is 565 g/mol. The number of aromatic nitrogens is 1. The molecule has 2 N–H and O–H groups in total.